The van der Waals surface area contributed by atoms with Crippen molar-refractivity contribution >= 4 is 99.7 Å². The highest BCUT2D eigenvalue weighted by Gasteiger charge is 2.47. The Bertz CT molecular complexity index is 3170. The van der Waals surface area contributed by atoms with Crippen LogP contribution in [0.15, 0.2) is 138 Å². The molecule has 9 aromatic rings. The number of anilines is 5. The van der Waals surface area contributed by atoms with Crippen LogP contribution in [-0.4, -0.2) is 6.85 Å². The van der Waals surface area contributed by atoms with Crippen molar-refractivity contribution in [3.63, 3.8) is 0 Å². The molecule has 0 saturated heterocycles. The highest BCUT2D eigenvalue weighted by Crippen LogP contribution is 2.53. The van der Waals surface area contributed by atoms with Gasteiger partial charge in [0.15, 0.2) is 0 Å². The van der Waals surface area contributed by atoms with Crippen LogP contribution in [-0.2, 0) is 16.2 Å². The molecule has 2 aliphatic heterocycles. The third-order valence-electron chi connectivity index (χ3n) is 12.9. The van der Waals surface area contributed by atoms with Crippen molar-refractivity contribution in [1.29, 1.82) is 0 Å². The molecule has 290 valence electrons. The summed E-state index contributed by atoms with van der Waals surface area (Å²) in [4.78, 5) is 5.19. The van der Waals surface area contributed by atoms with E-state index < -0.39 is 0 Å². The van der Waals surface area contributed by atoms with Gasteiger partial charge in [-0.15, -0.1) is 11.3 Å². The fraction of sp³-hybridized carbons (Fsp3) is 0.222. The largest absolute Gasteiger partial charge is 0.455 e. The zero-order chi connectivity index (χ0) is 40.7. The first-order valence-electron chi connectivity index (χ1n) is 21.0. The Labute approximate surface area is 352 Å². The van der Waals surface area contributed by atoms with Crippen LogP contribution in [0.2, 0.25) is 0 Å². The molecule has 0 N–H and O–H groups in total. The van der Waals surface area contributed by atoms with Crippen molar-refractivity contribution in [2.75, 3.05) is 9.71 Å². The Morgan fingerprint density at radius 1 is 0.492 bits per heavy atom. The minimum Gasteiger partial charge on any atom is -0.455 e. The summed E-state index contributed by atoms with van der Waals surface area (Å²) in [7, 11) is 0. The minimum absolute atomic E-state index is 0.0366. The summed E-state index contributed by atoms with van der Waals surface area (Å²) in [5, 5.41) is 4.88. The quantitative estimate of drug-likeness (QED) is 0.163. The predicted molar refractivity (Wildman–Crippen MR) is 256 cm³/mol. The van der Waals surface area contributed by atoms with E-state index in [-0.39, 0.29) is 23.1 Å². The molecule has 0 bridgehead atoms. The second kappa shape index (κ2) is 12.4. The molecule has 4 heterocycles. The van der Waals surface area contributed by atoms with Crippen molar-refractivity contribution in [3.05, 3.63) is 150 Å². The normalized spacial score (nSPS) is 14.1. The molecule has 0 fully saturated rings. The van der Waals surface area contributed by atoms with Crippen LogP contribution >= 0.6 is 11.3 Å². The van der Waals surface area contributed by atoms with E-state index in [1.54, 1.807) is 0 Å². The molecule has 3 nitrogen and oxygen atoms in total. The number of nitrogens with zero attached hydrogens (tertiary/aromatic N) is 2. The van der Waals surface area contributed by atoms with Gasteiger partial charge in [-0.05, 0) is 105 Å². The number of hydrogen-bond acceptors (Lipinski definition) is 4. The lowest BCUT2D eigenvalue weighted by atomic mass is 9.43. The van der Waals surface area contributed by atoms with E-state index in [0.29, 0.717) is 0 Å². The summed E-state index contributed by atoms with van der Waals surface area (Å²) in [5.74, 6) is 0. The maximum Gasteiger partial charge on any atom is 0.333 e. The van der Waals surface area contributed by atoms with Gasteiger partial charge in [0.2, 0.25) is 0 Å². The van der Waals surface area contributed by atoms with Crippen LogP contribution in [0.25, 0.3) is 53.2 Å². The van der Waals surface area contributed by atoms with Crippen molar-refractivity contribution < 1.29 is 4.42 Å². The first kappa shape index (κ1) is 36.3. The van der Waals surface area contributed by atoms with Crippen molar-refractivity contribution in [2.24, 2.45) is 0 Å². The zero-order valence-electron chi connectivity index (χ0n) is 35.5. The summed E-state index contributed by atoms with van der Waals surface area (Å²) >= 11 is 1.88. The molecule has 0 atom stereocenters. The molecule has 5 heteroatoms. The Morgan fingerprint density at radius 2 is 1.08 bits per heavy atom. The van der Waals surface area contributed by atoms with Crippen LogP contribution in [0.4, 0.5) is 28.4 Å². The van der Waals surface area contributed by atoms with E-state index in [1.165, 1.54) is 81.7 Å². The summed E-state index contributed by atoms with van der Waals surface area (Å²) in [6.07, 6.45) is 0. The number of rotatable bonds is 2. The van der Waals surface area contributed by atoms with Gasteiger partial charge in [0, 0.05) is 70.5 Å². The highest BCUT2D eigenvalue weighted by atomic mass is 32.1. The number of fused-ring (bicyclic) bond motifs is 11. The van der Waals surface area contributed by atoms with Gasteiger partial charge in [-0.25, -0.2) is 0 Å². The van der Waals surface area contributed by atoms with Crippen LogP contribution in [0.3, 0.4) is 0 Å². The Morgan fingerprint density at radius 3 is 1.76 bits per heavy atom. The molecule has 11 rings (SSSR count). The topological polar surface area (TPSA) is 19.6 Å². The molecule has 2 aromatic heterocycles. The summed E-state index contributed by atoms with van der Waals surface area (Å²) in [6.45, 7) is 20.6. The van der Waals surface area contributed by atoms with Crippen LogP contribution in [0.1, 0.15) is 79.0 Å². The van der Waals surface area contributed by atoms with E-state index in [2.05, 4.69) is 205 Å². The fourth-order valence-electron chi connectivity index (χ4n) is 9.68. The van der Waals surface area contributed by atoms with E-state index in [4.69, 9.17) is 4.42 Å². The molecule has 7 aromatic carbocycles. The number of hydrogen-bond donors (Lipinski definition) is 0. The standard InChI is InChI=1S/C54H49BN2OS/c1-52(2,3)32-18-23-35(24-19-32)56-43-27-22-34(54(7,8)9)28-42(43)55-50-45(56)30-40-37-14-10-12-16-46(37)58-51(40)49(50)41-31-48-39(38-15-11-13-17-47(38)59-48)29-44(41)57(55)36-25-20-33(21-26-36)53(4,5)6/h10-31H,1-9H3. The summed E-state index contributed by atoms with van der Waals surface area (Å²) in [6, 6.07) is 50.7. The van der Waals surface area contributed by atoms with Gasteiger partial charge in [-0.1, -0.05) is 135 Å². The van der Waals surface area contributed by atoms with Crippen molar-refractivity contribution in [1.82, 2.24) is 0 Å². The van der Waals surface area contributed by atoms with Gasteiger partial charge in [0.25, 0.3) is 0 Å². The molecule has 2 aliphatic rings. The average molecular weight is 785 g/mol. The van der Waals surface area contributed by atoms with Crippen LogP contribution < -0.4 is 20.6 Å². The minimum atomic E-state index is -0.129. The first-order valence-corrected chi connectivity index (χ1v) is 21.9. The van der Waals surface area contributed by atoms with Gasteiger partial charge < -0.3 is 14.1 Å². The second-order valence-electron chi connectivity index (χ2n) is 19.8. The van der Waals surface area contributed by atoms with E-state index in [9.17, 15) is 0 Å². The Balaban J connectivity index is 1.31. The molecular weight excluding hydrogens is 735 g/mol. The van der Waals surface area contributed by atoms with Gasteiger partial charge in [0.1, 0.15) is 11.2 Å². The Hall–Kier alpha value is -5.78. The predicted octanol–water partition coefficient (Wildman–Crippen LogP) is 14.6. The van der Waals surface area contributed by atoms with E-state index in [1.807, 2.05) is 11.3 Å². The third kappa shape index (κ3) is 5.47. The lowest BCUT2D eigenvalue weighted by Gasteiger charge is -2.46. The van der Waals surface area contributed by atoms with Gasteiger partial charge in [-0.3, -0.25) is 0 Å². The summed E-state index contributed by atoms with van der Waals surface area (Å²) in [5.41, 5.74) is 16.8. The van der Waals surface area contributed by atoms with E-state index >= 15 is 0 Å². The fourth-order valence-corrected chi connectivity index (χ4v) is 10.8. The van der Waals surface area contributed by atoms with Gasteiger partial charge in [-0.2, -0.15) is 0 Å². The monoisotopic (exact) mass is 784 g/mol. The maximum absolute atomic E-state index is 7.07. The Kier molecular flexibility index (Phi) is 7.62. The molecule has 0 amide bonds. The van der Waals surface area contributed by atoms with Crippen molar-refractivity contribution in [2.45, 2.75) is 78.6 Å². The van der Waals surface area contributed by atoms with Crippen LogP contribution in [0, 0.1) is 0 Å². The number of thiophene rings is 1. The number of benzene rings is 7. The molecule has 0 radical (unpaired) electrons. The summed E-state index contributed by atoms with van der Waals surface area (Å²) < 4.78 is 9.66. The smallest absolute Gasteiger partial charge is 0.333 e. The third-order valence-corrected chi connectivity index (χ3v) is 14.0. The average Bonchev–Trinajstić information content (AvgIpc) is 3.76. The molecule has 0 unspecified atom stereocenters. The SMILES string of the molecule is CC(C)(C)c1ccc(N2B3c4cc(C(C)(C)C)ccc4N(c4ccc(C(C)(C)C)cc4)c4cc5c(oc6ccccc65)c(c43)-c3cc4sc5ccccc5c4cc32)cc1. The van der Waals surface area contributed by atoms with Gasteiger partial charge >= 0.3 is 6.85 Å². The number of para-hydroxylation sites is 1. The van der Waals surface area contributed by atoms with Crippen LogP contribution in [0.5, 0.6) is 0 Å². The molecular formula is C54H49BN2OS. The first-order chi connectivity index (χ1) is 28.1. The molecule has 59 heavy (non-hydrogen) atoms. The highest BCUT2D eigenvalue weighted by molar-refractivity contribution is 7.25. The van der Waals surface area contributed by atoms with Crippen molar-refractivity contribution in [3.8, 4) is 11.1 Å². The lowest BCUT2D eigenvalue weighted by Crippen LogP contribution is -2.61. The molecule has 0 spiro atoms. The second-order valence-corrected chi connectivity index (χ2v) is 20.9. The maximum atomic E-state index is 7.07. The van der Waals surface area contributed by atoms with E-state index in [0.717, 1.165) is 27.6 Å². The number of furan rings is 1. The zero-order valence-corrected chi connectivity index (χ0v) is 36.3. The lowest BCUT2D eigenvalue weighted by molar-refractivity contribution is 0.590. The molecule has 0 aliphatic carbocycles. The van der Waals surface area contributed by atoms with Gasteiger partial charge in [0.05, 0.1) is 0 Å². The molecule has 0 saturated carbocycles.